The lowest BCUT2D eigenvalue weighted by Gasteiger charge is -2.45. The van der Waals surface area contributed by atoms with Gasteiger partial charge in [0.1, 0.15) is 0 Å². The number of hydrogen-bond donors (Lipinski definition) is 0. The van der Waals surface area contributed by atoms with Crippen molar-refractivity contribution in [3.05, 3.63) is 18.2 Å². The topological polar surface area (TPSA) is 3.24 Å². The summed E-state index contributed by atoms with van der Waals surface area (Å²) in [6, 6.07) is 1.78. The maximum Gasteiger partial charge on any atom is -0.0329 e. The molecule has 0 aromatic carbocycles. The quantitative estimate of drug-likeness (QED) is 0.518. The Hall–Kier alpha value is -0.300. The molecule has 0 heterocycles. The Balaban J connectivity index is 1.83. The van der Waals surface area contributed by atoms with Crippen LogP contribution in [-0.4, -0.2) is 18.0 Å². The fourth-order valence-corrected chi connectivity index (χ4v) is 4.47. The van der Waals surface area contributed by atoms with E-state index >= 15 is 0 Å². The van der Waals surface area contributed by atoms with E-state index in [4.69, 9.17) is 0 Å². The minimum absolute atomic E-state index is 0.815. The molecule has 2 saturated carbocycles. The van der Waals surface area contributed by atoms with Crippen molar-refractivity contribution in [1.29, 1.82) is 0 Å². The van der Waals surface area contributed by atoms with Gasteiger partial charge in [-0.2, -0.15) is 0 Å². The van der Waals surface area contributed by atoms with Crippen molar-refractivity contribution in [3.63, 3.8) is 0 Å². The lowest BCUT2D eigenvalue weighted by molar-refractivity contribution is 0.221. The molecule has 90 valence electrons. The predicted molar refractivity (Wildman–Crippen MR) is 67.7 cm³/mol. The van der Waals surface area contributed by atoms with Gasteiger partial charge in [0.15, 0.2) is 0 Å². The Morgan fingerprint density at radius 3 is 1.94 bits per heavy atom. The average molecular weight is 218 g/mol. The maximum absolute atomic E-state index is 2.63. The molecule has 2 fully saturated rings. The van der Waals surface area contributed by atoms with E-state index in [1.54, 1.807) is 6.04 Å². The van der Waals surface area contributed by atoms with Crippen molar-refractivity contribution in [1.82, 2.24) is 4.90 Å². The van der Waals surface area contributed by atoms with Crippen LogP contribution < -0.4 is 0 Å². The van der Waals surface area contributed by atoms with Crippen molar-refractivity contribution < 1.29 is 0 Å². The van der Waals surface area contributed by atoms with E-state index in [0.717, 1.165) is 23.7 Å². The molecule has 0 aliphatic heterocycles. The zero-order chi connectivity index (χ0) is 11.1. The van der Waals surface area contributed by atoms with Gasteiger partial charge in [0.25, 0.3) is 0 Å². The molecular formula is C15H24N-. The van der Waals surface area contributed by atoms with Gasteiger partial charge in [-0.3, -0.25) is 0 Å². The van der Waals surface area contributed by atoms with Crippen molar-refractivity contribution in [3.8, 4) is 0 Å². The van der Waals surface area contributed by atoms with Crippen LogP contribution in [0.25, 0.3) is 0 Å². The van der Waals surface area contributed by atoms with Crippen LogP contribution in [0.1, 0.15) is 39.5 Å². The van der Waals surface area contributed by atoms with E-state index in [0.29, 0.717) is 0 Å². The van der Waals surface area contributed by atoms with Crippen LogP contribution in [-0.2, 0) is 0 Å². The van der Waals surface area contributed by atoms with Crippen LogP contribution in [0.15, 0.2) is 12.2 Å². The van der Waals surface area contributed by atoms with Gasteiger partial charge in [-0.15, -0.1) is 24.0 Å². The highest BCUT2D eigenvalue weighted by Crippen LogP contribution is 2.59. The van der Waals surface area contributed by atoms with Gasteiger partial charge in [-0.1, -0.05) is 51.4 Å². The largest absolute Gasteiger partial charge is 0.453 e. The summed E-state index contributed by atoms with van der Waals surface area (Å²) in [7, 11) is 0. The number of hydrogen-bond acceptors (Lipinski definition) is 1. The fraction of sp³-hybridized carbons (Fsp3) is 0.800. The molecule has 4 unspecified atom stereocenters. The van der Waals surface area contributed by atoms with Gasteiger partial charge < -0.3 is 4.90 Å². The molecule has 3 aliphatic rings. The van der Waals surface area contributed by atoms with Crippen molar-refractivity contribution >= 4 is 0 Å². The van der Waals surface area contributed by atoms with E-state index in [-0.39, 0.29) is 0 Å². The molecule has 1 heteroatoms. The molecule has 0 aromatic rings. The summed E-state index contributed by atoms with van der Waals surface area (Å²) >= 11 is 0. The molecule has 2 bridgehead atoms. The smallest absolute Gasteiger partial charge is 0.0329 e. The third-order valence-electron chi connectivity index (χ3n) is 5.13. The van der Waals surface area contributed by atoms with Crippen LogP contribution in [0, 0.1) is 29.7 Å². The van der Waals surface area contributed by atoms with Crippen LogP contribution in [0.3, 0.4) is 0 Å². The predicted octanol–water partition coefficient (Wildman–Crippen LogP) is 3.48. The average Bonchev–Trinajstić information content (AvgIpc) is 2.88. The van der Waals surface area contributed by atoms with Gasteiger partial charge in [-0.05, 0) is 13.1 Å². The van der Waals surface area contributed by atoms with Crippen LogP contribution in [0.5, 0.6) is 0 Å². The first kappa shape index (κ1) is 10.8. The molecule has 3 rings (SSSR count). The zero-order valence-corrected chi connectivity index (χ0v) is 10.7. The highest BCUT2D eigenvalue weighted by Gasteiger charge is 2.43. The lowest BCUT2D eigenvalue weighted by Crippen LogP contribution is -2.32. The minimum Gasteiger partial charge on any atom is -0.453 e. The molecule has 0 saturated heterocycles. The Bertz CT molecular complexity index is 257. The molecule has 0 amide bonds. The molecular weight excluding hydrogens is 194 g/mol. The summed E-state index contributed by atoms with van der Waals surface area (Å²) in [6.07, 6.45) is 11.0. The first-order chi connectivity index (χ1) is 7.86. The van der Waals surface area contributed by atoms with Crippen molar-refractivity contribution in [2.75, 3.05) is 13.1 Å². The fourth-order valence-electron chi connectivity index (χ4n) is 4.47. The maximum atomic E-state index is 2.63. The molecule has 0 aromatic heterocycles. The second kappa shape index (κ2) is 4.18. The number of rotatable bonds is 3. The second-order valence-electron chi connectivity index (χ2n) is 5.65. The van der Waals surface area contributed by atoms with E-state index in [2.05, 4.69) is 30.9 Å². The van der Waals surface area contributed by atoms with Crippen molar-refractivity contribution in [2.45, 2.75) is 39.5 Å². The minimum atomic E-state index is 0.815. The molecule has 0 N–H and O–H groups in total. The Morgan fingerprint density at radius 1 is 1.00 bits per heavy atom. The van der Waals surface area contributed by atoms with E-state index in [1.807, 2.05) is 0 Å². The molecule has 16 heavy (non-hydrogen) atoms. The highest BCUT2D eigenvalue weighted by atomic mass is 15.2. The van der Waals surface area contributed by atoms with Crippen LogP contribution in [0.4, 0.5) is 0 Å². The molecule has 0 radical (unpaired) electrons. The molecule has 3 aliphatic carbocycles. The third-order valence-corrected chi connectivity index (χ3v) is 5.13. The van der Waals surface area contributed by atoms with Gasteiger partial charge in [0.2, 0.25) is 0 Å². The third kappa shape index (κ3) is 1.40. The molecule has 0 spiro atoms. The van der Waals surface area contributed by atoms with Gasteiger partial charge in [0, 0.05) is 0 Å². The van der Waals surface area contributed by atoms with E-state index < -0.39 is 0 Å². The molecule has 1 nitrogen and oxygen atoms in total. The standard InChI is InChI=1S/C15H24N/c1-3-16(4-2)15-13-9-10-14(15)12-8-6-5-7-11(12)13/h9-14H,3-8H2,1-2H3/q-1. The summed E-state index contributed by atoms with van der Waals surface area (Å²) in [6.45, 7) is 7.00. The summed E-state index contributed by atoms with van der Waals surface area (Å²) in [4.78, 5) is 2.63. The number of fused-ring (bicyclic) bond motifs is 5. The first-order valence-electron chi connectivity index (χ1n) is 7.16. The van der Waals surface area contributed by atoms with Gasteiger partial charge >= 0.3 is 0 Å². The Kier molecular flexibility index (Phi) is 2.83. The zero-order valence-electron chi connectivity index (χ0n) is 10.7. The summed E-state index contributed by atoms with van der Waals surface area (Å²) in [5, 5.41) is 0. The number of nitrogens with zero attached hydrogens (tertiary/aromatic N) is 1. The first-order valence-corrected chi connectivity index (χ1v) is 7.16. The van der Waals surface area contributed by atoms with E-state index in [9.17, 15) is 0 Å². The van der Waals surface area contributed by atoms with Crippen molar-refractivity contribution in [2.24, 2.45) is 23.7 Å². The summed E-state index contributed by atoms with van der Waals surface area (Å²) in [5.41, 5.74) is 0. The van der Waals surface area contributed by atoms with E-state index in [1.165, 1.54) is 38.8 Å². The summed E-state index contributed by atoms with van der Waals surface area (Å²) < 4.78 is 0. The summed E-state index contributed by atoms with van der Waals surface area (Å²) in [5.74, 6) is 3.63. The highest BCUT2D eigenvalue weighted by molar-refractivity contribution is 5.30. The van der Waals surface area contributed by atoms with Gasteiger partial charge in [0.05, 0.1) is 0 Å². The lowest BCUT2D eigenvalue weighted by atomic mass is 9.73. The van der Waals surface area contributed by atoms with Gasteiger partial charge in [-0.25, -0.2) is 6.04 Å². The Morgan fingerprint density at radius 2 is 1.50 bits per heavy atom. The monoisotopic (exact) mass is 218 g/mol. The van der Waals surface area contributed by atoms with Crippen LogP contribution >= 0.6 is 0 Å². The SMILES string of the molecule is CCN(CC)[C-]1C2C=CC1C1CCCCC21. The second-order valence-corrected chi connectivity index (χ2v) is 5.65. The normalized spacial score (nSPS) is 41.9. The van der Waals surface area contributed by atoms with Crippen LogP contribution in [0.2, 0.25) is 0 Å². The molecule has 4 atom stereocenters. The Labute approximate surface area is 99.9 Å².